The predicted octanol–water partition coefficient (Wildman–Crippen LogP) is 2.41. The van der Waals surface area contributed by atoms with E-state index >= 15 is 0 Å². The minimum atomic E-state index is 0.385. The Labute approximate surface area is 136 Å². The van der Waals surface area contributed by atoms with Crippen molar-refractivity contribution >= 4 is 15.9 Å². The first-order valence-corrected chi connectivity index (χ1v) is 8.45. The minimum absolute atomic E-state index is 0.385. The van der Waals surface area contributed by atoms with Crippen molar-refractivity contribution < 1.29 is 9.47 Å². The van der Waals surface area contributed by atoms with Gasteiger partial charge >= 0.3 is 0 Å². The van der Waals surface area contributed by atoms with E-state index in [2.05, 4.69) is 44.9 Å². The normalized spacial score (nSPS) is 12.8. The van der Waals surface area contributed by atoms with Crippen LogP contribution in [0.15, 0.2) is 4.47 Å². The maximum absolute atomic E-state index is 5.56. The molecule has 0 bridgehead atoms. The maximum Gasteiger partial charge on any atom is 0.0766 e. The van der Waals surface area contributed by atoms with E-state index in [4.69, 9.17) is 9.47 Å². The SMILES string of the molecule is CCc1nn(CC)c(CC(CCOCCOC)NC)c1Br. The fraction of sp³-hybridized carbons (Fsp3) is 0.800. The van der Waals surface area contributed by atoms with Crippen LogP contribution in [0.3, 0.4) is 0 Å². The van der Waals surface area contributed by atoms with E-state index in [1.54, 1.807) is 7.11 Å². The van der Waals surface area contributed by atoms with E-state index in [-0.39, 0.29) is 0 Å². The summed E-state index contributed by atoms with van der Waals surface area (Å²) in [7, 11) is 3.69. The molecule has 1 aromatic heterocycles. The van der Waals surface area contributed by atoms with Crippen molar-refractivity contribution in [2.45, 2.75) is 45.7 Å². The summed E-state index contributed by atoms with van der Waals surface area (Å²) >= 11 is 3.70. The van der Waals surface area contributed by atoms with Gasteiger partial charge in [-0.05, 0) is 42.7 Å². The van der Waals surface area contributed by atoms with Crippen LogP contribution >= 0.6 is 15.9 Å². The van der Waals surface area contributed by atoms with Crippen molar-refractivity contribution in [2.24, 2.45) is 0 Å². The van der Waals surface area contributed by atoms with E-state index < -0.39 is 0 Å². The van der Waals surface area contributed by atoms with Crippen LogP contribution in [-0.2, 0) is 28.9 Å². The lowest BCUT2D eigenvalue weighted by molar-refractivity contribution is 0.0660. The molecule has 0 aliphatic rings. The lowest BCUT2D eigenvalue weighted by Crippen LogP contribution is -2.30. The number of halogens is 1. The summed E-state index contributed by atoms with van der Waals surface area (Å²) in [6.07, 6.45) is 2.87. The molecule has 1 rings (SSSR count). The number of rotatable bonds is 11. The lowest BCUT2D eigenvalue weighted by Gasteiger charge is -2.17. The van der Waals surface area contributed by atoms with Gasteiger partial charge in [-0.3, -0.25) is 4.68 Å². The molecule has 0 saturated carbocycles. The first-order chi connectivity index (χ1) is 10.2. The Kier molecular flexibility index (Phi) is 9.15. The van der Waals surface area contributed by atoms with E-state index in [0.29, 0.717) is 19.3 Å². The van der Waals surface area contributed by atoms with Crippen LogP contribution in [0.1, 0.15) is 31.7 Å². The molecule has 0 aliphatic heterocycles. The van der Waals surface area contributed by atoms with Crippen molar-refractivity contribution in [1.29, 1.82) is 0 Å². The topological polar surface area (TPSA) is 48.3 Å². The molecule has 21 heavy (non-hydrogen) atoms. The molecule has 1 heterocycles. The molecule has 0 fully saturated rings. The summed E-state index contributed by atoms with van der Waals surface area (Å²) < 4.78 is 13.8. The van der Waals surface area contributed by atoms with Gasteiger partial charge in [0.25, 0.3) is 0 Å². The smallest absolute Gasteiger partial charge is 0.0766 e. The van der Waals surface area contributed by atoms with E-state index in [1.807, 2.05) is 7.05 Å². The summed E-state index contributed by atoms with van der Waals surface area (Å²) in [5, 5.41) is 8.02. The number of methoxy groups -OCH3 is 1. The summed E-state index contributed by atoms with van der Waals surface area (Å²) in [6.45, 7) is 7.21. The Bertz CT molecular complexity index is 410. The standard InChI is InChI=1S/C15H28BrN3O2/c1-5-13-15(16)14(19(6-2)18-13)11-12(17-3)7-8-21-10-9-20-4/h12,17H,5-11H2,1-4H3. The average molecular weight is 362 g/mol. The van der Waals surface area contributed by atoms with E-state index in [9.17, 15) is 0 Å². The van der Waals surface area contributed by atoms with Crippen LogP contribution in [0.2, 0.25) is 0 Å². The molecule has 0 saturated heterocycles. The Morgan fingerprint density at radius 1 is 1.29 bits per heavy atom. The highest BCUT2D eigenvalue weighted by Gasteiger charge is 2.17. The molecule has 1 N–H and O–H groups in total. The van der Waals surface area contributed by atoms with E-state index in [1.165, 1.54) is 5.69 Å². The molecule has 1 aromatic rings. The number of likely N-dealkylation sites (N-methyl/N-ethyl adjacent to an activating group) is 1. The molecule has 6 heteroatoms. The number of aryl methyl sites for hydroxylation is 2. The van der Waals surface area contributed by atoms with Crippen molar-refractivity contribution in [3.05, 3.63) is 15.9 Å². The molecule has 0 spiro atoms. The van der Waals surface area contributed by atoms with Crippen LogP contribution in [0, 0.1) is 0 Å². The average Bonchev–Trinajstić information content (AvgIpc) is 2.81. The second kappa shape index (κ2) is 10.3. The van der Waals surface area contributed by atoms with Gasteiger partial charge in [0, 0.05) is 32.7 Å². The summed E-state index contributed by atoms with van der Waals surface area (Å²) in [5.74, 6) is 0. The Hall–Kier alpha value is -0.430. The molecule has 0 aliphatic carbocycles. The third-order valence-electron chi connectivity index (χ3n) is 3.58. The van der Waals surface area contributed by atoms with Crippen LogP contribution in [0.25, 0.3) is 0 Å². The van der Waals surface area contributed by atoms with Gasteiger partial charge in [0.05, 0.1) is 29.1 Å². The molecule has 0 amide bonds. The molecular formula is C15H28BrN3O2. The van der Waals surface area contributed by atoms with Gasteiger partial charge in [-0.15, -0.1) is 0 Å². The Morgan fingerprint density at radius 2 is 2.05 bits per heavy atom. The number of ether oxygens (including phenoxy) is 2. The first-order valence-electron chi connectivity index (χ1n) is 7.65. The number of nitrogens with one attached hydrogen (secondary N) is 1. The van der Waals surface area contributed by atoms with Crippen LogP contribution in [0.4, 0.5) is 0 Å². The zero-order chi connectivity index (χ0) is 15.7. The van der Waals surface area contributed by atoms with Crippen molar-refractivity contribution in [3.8, 4) is 0 Å². The molecule has 1 unspecified atom stereocenters. The van der Waals surface area contributed by atoms with Gasteiger partial charge in [-0.2, -0.15) is 5.10 Å². The maximum atomic E-state index is 5.56. The summed E-state index contributed by atoms with van der Waals surface area (Å²) in [6, 6.07) is 0.385. The minimum Gasteiger partial charge on any atom is -0.382 e. The van der Waals surface area contributed by atoms with Crippen LogP contribution in [-0.4, -0.2) is 49.8 Å². The lowest BCUT2D eigenvalue weighted by atomic mass is 10.1. The number of aromatic nitrogens is 2. The largest absolute Gasteiger partial charge is 0.382 e. The second-order valence-corrected chi connectivity index (χ2v) is 5.75. The van der Waals surface area contributed by atoms with Crippen molar-refractivity contribution in [3.63, 3.8) is 0 Å². The number of nitrogens with zero attached hydrogens (tertiary/aromatic N) is 2. The summed E-state index contributed by atoms with van der Waals surface area (Å²) in [4.78, 5) is 0. The van der Waals surface area contributed by atoms with Gasteiger partial charge in [-0.1, -0.05) is 6.92 Å². The Balaban J connectivity index is 2.58. The molecular weight excluding hydrogens is 334 g/mol. The van der Waals surface area contributed by atoms with Gasteiger partial charge in [0.2, 0.25) is 0 Å². The highest BCUT2D eigenvalue weighted by molar-refractivity contribution is 9.10. The van der Waals surface area contributed by atoms with Crippen molar-refractivity contribution in [2.75, 3.05) is 34.0 Å². The first kappa shape index (κ1) is 18.6. The van der Waals surface area contributed by atoms with Gasteiger partial charge in [-0.25, -0.2) is 0 Å². The molecule has 122 valence electrons. The monoisotopic (exact) mass is 361 g/mol. The van der Waals surface area contributed by atoms with Crippen molar-refractivity contribution in [1.82, 2.24) is 15.1 Å². The molecule has 0 radical (unpaired) electrons. The quantitative estimate of drug-likeness (QED) is 0.615. The summed E-state index contributed by atoms with van der Waals surface area (Å²) in [5.41, 5.74) is 2.41. The zero-order valence-corrected chi connectivity index (χ0v) is 15.2. The zero-order valence-electron chi connectivity index (χ0n) is 13.6. The Morgan fingerprint density at radius 3 is 2.62 bits per heavy atom. The van der Waals surface area contributed by atoms with Crippen LogP contribution in [0.5, 0.6) is 0 Å². The second-order valence-electron chi connectivity index (χ2n) is 4.96. The highest BCUT2D eigenvalue weighted by atomic mass is 79.9. The molecule has 0 aromatic carbocycles. The fourth-order valence-corrected chi connectivity index (χ4v) is 2.99. The fourth-order valence-electron chi connectivity index (χ4n) is 2.26. The molecule has 1 atom stereocenters. The van der Waals surface area contributed by atoms with Crippen LogP contribution < -0.4 is 5.32 Å². The van der Waals surface area contributed by atoms with E-state index in [0.717, 1.165) is 42.6 Å². The molecule has 5 nitrogen and oxygen atoms in total. The van der Waals surface area contributed by atoms with Gasteiger partial charge in [0.15, 0.2) is 0 Å². The third kappa shape index (κ3) is 5.70. The highest BCUT2D eigenvalue weighted by Crippen LogP contribution is 2.24. The predicted molar refractivity (Wildman–Crippen MR) is 88.8 cm³/mol. The number of hydrogen-bond donors (Lipinski definition) is 1. The van der Waals surface area contributed by atoms with Gasteiger partial charge < -0.3 is 14.8 Å². The van der Waals surface area contributed by atoms with Gasteiger partial charge in [0.1, 0.15) is 0 Å². The third-order valence-corrected chi connectivity index (χ3v) is 4.50. The number of hydrogen-bond acceptors (Lipinski definition) is 4.